The van der Waals surface area contributed by atoms with Gasteiger partial charge in [-0.1, -0.05) is 41.9 Å². The van der Waals surface area contributed by atoms with Gasteiger partial charge in [-0.05, 0) is 24.3 Å². The van der Waals surface area contributed by atoms with Crippen LogP contribution in [0.5, 0.6) is 0 Å². The molecule has 3 rings (SSSR count). The van der Waals surface area contributed by atoms with Crippen molar-refractivity contribution in [1.82, 2.24) is 9.78 Å². The van der Waals surface area contributed by atoms with Crippen LogP contribution in [0.2, 0.25) is 5.02 Å². The van der Waals surface area contributed by atoms with Crippen molar-refractivity contribution in [3.8, 4) is 16.9 Å². The van der Waals surface area contributed by atoms with Crippen LogP contribution in [0, 0.1) is 0 Å². The van der Waals surface area contributed by atoms with Crippen LogP contribution in [-0.4, -0.2) is 15.7 Å². The van der Waals surface area contributed by atoms with Crippen LogP contribution in [0.1, 0.15) is 5.56 Å². The first kappa shape index (κ1) is 14.4. The summed E-state index contributed by atoms with van der Waals surface area (Å²) in [6.07, 6.45) is 1.98. The Bertz CT molecular complexity index is 795. The third-order valence-electron chi connectivity index (χ3n) is 3.29. The summed E-state index contributed by atoms with van der Waals surface area (Å²) in [6.45, 7) is 0. The van der Waals surface area contributed by atoms with Gasteiger partial charge in [0.25, 0.3) is 0 Å². The number of hydrogen-bond acceptors (Lipinski definition) is 2. The van der Waals surface area contributed by atoms with E-state index in [-0.39, 0.29) is 12.3 Å². The molecule has 0 bridgehead atoms. The third-order valence-corrected chi connectivity index (χ3v) is 3.55. The first-order valence-corrected chi connectivity index (χ1v) is 7.19. The van der Waals surface area contributed by atoms with Gasteiger partial charge >= 0.3 is 0 Å². The molecule has 0 atom stereocenters. The minimum Gasteiger partial charge on any atom is -0.369 e. The van der Waals surface area contributed by atoms with Crippen LogP contribution in [0.3, 0.4) is 0 Å². The number of halogens is 1. The second-order valence-corrected chi connectivity index (χ2v) is 5.37. The number of carbonyl (C=O) groups is 1. The lowest BCUT2D eigenvalue weighted by Crippen LogP contribution is -2.13. The number of amides is 1. The number of para-hydroxylation sites is 1. The van der Waals surface area contributed by atoms with Crippen LogP contribution >= 0.6 is 11.6 Å². The van der Waals surface area contributed by atoms with Gasteiger partial charge in [-0.15, -0.1) is 0 Å². The molecule has 0 saturated heterocycles. The van der Waals surface area contributed by atoms with Crippen LogP contribution < -0.4 is 5.73 Å². The van der Waals surface area contributed by atoms with Crippen molar-refractivity contribution in [2.45, 2.75) is 6.42 Å². The normalized spacial score (nSPS) is 10.6. The Kier molecular flexibility index (Phi) is 3.94. The Morgan fingerprint density at radius 3 is 2.41 bits per heavy atom. The minimum atomic E-state index is -0.386. The average Bonchev–Trinajstić information content (AvgIpc) is 2.92. The van der Waals surface area contributed by atoms with Crippen molar-refractivity contribution in [3.63, 3.8) is 0 Å². The van der Waals surface area contributed by atoms with Crippen LogP contribution in [0.15, 0.2) is 60.8 Å². The second kappa shape index (κ2) is 6.03. The van der Waals surface area contributed by atoms with E-state index < -0.39 is 0 Å². The van der Waals surface area contributed by atoms with Crippen molar-refractivity contribution in [1.29, 1.82) is 0 Å². The molecule has 0 saturated carbocycles. The molecule has 0 aliphatic heterocycles. The van der Waals surface area contributed by atoms with Crippen molar-refractivity contribution >= 4 is 17.5 Å². The summed E-state index contributed by atoms with van der Waals surface area (Å²) in [7, 11) is 0. The molecule has 0 unspecified atom stereocenters. The van der Waals surface area contributed by atoms with Crippen molar-refractivity contribution < 1.29 is 4.79 Å². The highest BCUT2D eigenvalue weighted by atomic mass is 35.5. The summed E-state index contributed by atoms with van der Waals surface area (Å²) in [4.78, 5) is 11.3. The van der Waals surface area contributed by atoms with Gasteiger partial charge in [0.2, 0.25) is 5.91 Å². The fourth-order valence-corrected chi connectivity index (χ4v) is 2.42. The zero-order valence-electron chi connectivity index (χ0n) is 11.7. The van der Waals surface area contributed by atoms with Gasteiger partial charge in [0, 0.05) is 22.3 Å². The number of hydrogen-bond donors (Lipinski definition) is 1. The fourth-order valence-electron chi connectivity index (χ4n) is 2.29. The second-order valence-electron chi connectivity index (χ2n) is 4.93. The van der Waals surface area contributed by atoms with Crippen molar-refractivity contribution in [2.24, 2.45) is 5.73 Å². The average molecular weight is 312 g/mol. The predicted molar refractivity (Wildman–Crippen MR) is 86.9 cm³/mol. The smallest absolute Gasteiger partial charge is 0.221 e. The summed E-state index contributed by atoms with van der Waals surface area (Å²) < 4.78 is 1.75. The molecule has 2 N–H and O–H groups in total. The standard InChI is InChI=1S/C17H14ClN3O/c18-14-8-6-12(7-9-14)17-13(10-16(19)22)11-21(20-17)15-4-2-1-3-5-15/h1-9,11H,10H2,(H2,19,22). The maximum absolute atomic E-state index is 11.3. The molecule has 5 heteroatoms. The molecule has 1 amide bonds. The lowest BCUT2D eigenvalue weighted by Gasteiger charge is -2.01. The number of carbonyl (C=O) groups excluding carboxylic acids is 1. The monoisotopic (exact) mass is 311 g/mol. The van der Waals surface area contributed by atoms with E-state index in [0.717, 1.165) is 22.5 Å². The van der Waals surface area contributed by atoms with Gasteiger partial charge in [-0.3, -0.25) is 4.79 Å². The Morgan fingerprint density at radius 1 is 1.09 bits per heavy atom. The highest BCUT2D eigenvalue weighted by Gasteiger charge is 2.14. The first-order chi connectivity index (χ1) is 10.6. The maximum atomic E-state index is 11.3. The third kappa shape index (κ3) is 3.02. The summed E-state index contributed by atoms with van der Waals surface area (Å²) in [6, 6.07) is 17.1. The summed E-state index contributed by atoms with van der Waals surface area (Å²) in [5.74, 6) is -0.386. The minimum absolute atomic E-state index is 0.144. The maximum Gasteiger partial charge on any atom is 0.221 e. The molecule has 0 aliphatic carbocycles. The molecule has 0 spiro atoms. The molecule has 2 aromatic carbocycles. The highest BCUT2D eigenvalue weighted by Crippen LogP contribution is 2.25. The van der Waals surface area contributed by atoms with E-state index in [9.17, 15) is 4.79 Å². The van der Waals surface area contributed by atoms with E-state index in [1.165, 1.54) is 0 Å². The van der Waals surface area contributed by atoms with E-state index in [4.69, 9.17) is 17.3 Å². The molecular formula is C17H14ClN3O. The number of aromatic nitrogens is 2. The topological polar surface area (TPSA) is 60.9 Å². The fraction of sp³-hybridized carbons (Fsp3) is 0.0588. The molecular weight excluding hydrogens is 298 g/mol. The van der Waals surface area contributed by atoms with E-state index in [0.29, 0.717) is 5.02 Å². The van der Waals surface area contributed by atoms with Crippen LogP contribution in [0.4, 0.5) is 0 Å². The lowest BCUT2D eigenvalue weighted by atomic mass is 10.1. The highest BCUT2D eigenvalue weighted by molar-refractivity contribution is 6.30. The van der Waals surface area contributed by atoms with Crippen LogP contribution in [-0.2, 0) is 11.2 Å². The summed E-state index contributed by atoms with van der Waals surface area (Å²) >= 11 is 5.92. The molecule has 110 valence electrons. The zero-order valence-corrected chi connectivity index (χ0v) is 12.5. The van der Waals surface area contributed by atoms with Crippen LogP contribution in [0.25, 0.3) is 16.9 Å². The Balaban J connectivity index is 2.09. The Labute approximate surface area is 133 Å². The summed E-state index contributed by atoms with van der Waals surface area (Å²) in [5, 5.41) is 5.25. The van der Waals surface area contributed by atoms with Gasteiger partial charge < -0.3 is 5.73 Å². The van der Waals surface area contributed by atoms with Gasteiger partial charge in [-0.25, -0.2) is 4.68 Å². The predicted octanol–water partition coefficient (Wildman–Crippen LogP) is 3.22. The van der Waals surface area contributed by atoms with Crippen molar-refractivity contribution in [2.75, 3.05) is 0 Å². The number of benzene rings is 2. The molecule has 0 radical (unpaired) electrons. The quantitative estimate of drug-likeness (QED) is 0.804. The van der Waals surface area contributed by atoms with E-state index in [1.54, 1.807) is 16.8 Å². The van der Waals surface area contributed by atoms with E-state index >= 15 is 0 Å². The first-order valence-electron chi connectivity index (χ1n) is 6.82. The summed E-state index contributed by atoms with van der Waals surface area (Å²) in [5.41, 5.74) is 8.70. The van der Waals surface area contributed by atoms with E-state index in [1.807, 2.05) is 48.7 Å². The lowest BCUT2D eigenvalue weighted by molar-refractivity contribution is -0.117. The SMILES string of the molecule is NC(=O)Cc1cn(-c2ccccc2)nc1-c1ccc(Cl)cc1. The molecule has 0 aliphatic rings. The number of nitrogens with zero attached hydrogens (tertiary/aromatic N) is 2. The number of rotatable bonds is 4. The Morgan fingerprint density at radius 2 is 1.77 bits per heavy atom. The van der Waals surface area contributed by atoms with Gasteiger partial charge in [0.1, 0.15) is 0 Å². The largest absolute Gasteiger partial charge is 0.369 e. The zero-order chi connectivity index (χ0) is 15.5. The molecule has 4 nitrogen and oxygen atoms in total. The van der Waals surface area contributed by atoms with Gasteiger partial charge in [0.15, 0.2) is 0 Å². The molecule has 0 fully saturated rings. The molecule has 22 heavy (non-hydrogen) atoms. The van der Waals surface area contributed by atoms with Gasteiger partial charge in [0.05, 0.1) is 17.8 Å². The molecule has 3 aromatic rings. The number of primary amides is 1. The van der Waals surface area contributed by atoms with Crippen molar-refractivity contribution in [3.05, 3.63) is 71.4 Å². The molecule has 1 heterocycles. The van der Waals surface area contributed by atoms with E-state index in [2.05, 4.69) is 5.10 Å². The Hall–Kier alpha value is -2.59. The molecule has 1 aromatic heterocycles. The van der Waals surface area contributed by atoms with Gasteiger partial charge in [-0.2, -0.15) is 5.10 Å². The number of nitrogens with two attached hydrogens (primary N) is 1.